The number of rotatable bonds is 7. The minimum Gasteiger partial charge on any atom is -0.383 e. The molecule has 0 unspecified atom stereocenters. The van der Waals surface area contributed by atoms with Crippen molar-refractivity contribution in [1.29, 1.82) is 0 Å². The number of morpholine rings is 1. The molecule has 1 aliphatic heterocycles. The molecule has 2 aromatic carbocycles. The zero-order valence-corrected chi connectivity index (χ0v) is 16.7. The lowest BCUT2D eigenvalue weighted by molar-refractivity contribution is 0.0198. The van der Waals surface area contributed by atoms with Crippen molar-refractivity contribution < 1.29 is 9.53 Å². The molecule has 150 valence electrons. The SMILES string of the molecule is C[C@H](c1ccc(NC(=O)N[C@@H](C)CNc2ccccc2)cc1)N1CCOCC1. The number of benzene rings is 2. The summed E-state index contributed by atoms with van der Waals surface area (Å²) in [5.74, 6) is 0. The molecule has 0 spiro atoms. The second-order valence-corrected chi connectivity index (χ2v) is 7.19. The molecule has 1 saturated heterocycles. The van der Waals surface area contributed by atoms with Crippen molar-refractivity contribution in [2.24, 2.45) is 0 Å². The fourth-order valence-electron chi connectivity index (χ4n) is 3.29. The third-order valence-corrected chi connectivity index (χ3v) is 5.01. The monoisotopic (exact) mass is 382 g/mol. The molecular formula is C22H30N4O2. The van der Waals surface area contributed by atoms with E-state index in [9.17, 15) is 4.79 Å². The highest BCUT2D eigenvalue weighted by molar-refractivity contribution is 5.89. The number of urea groups is 1. The van der Waals surface area contributed by atoms with E-state index >= 15 is 0 Å². The molecule has 0 aliphatic carbocycles. The number of amides is 2. The average Bonchev–Trinajstić information content (AvgIpc) is 2.73. The van der Waals surface area contributed by atoms with Crippen molar-refractivity contribution in [3.63, 3.8) is 0 Å². The largest absolute Gasteiger partial charge is 0.383 e. The number of hydrogen-bond acceptors (Lipinski definition) is 4. The van der Waals surface area contributed by atoms with Crippen LogP contribution in [-0.4, -0.2) is 49.8 Å². The van der Waals surface area contributed by atoms with E-state index in [1.165, 1.54) is 5.56 Å². The zero-order valence-electron chi connectivity index (χ0n) is 16.7. The number of nitrogens with zero attached hydrogens (tertiary/aromatic N) is 1. The minimum absolute atomic E-state index is 0.000761. The summed E-state index contributed by atoms with van der Waals surface area (Å²) < 4.78 is 5.42. The van der Waals surface area contributed by atoms with Crippen LogP contribution in [0.4, 0.5) is 16.2 Å². The van der Waals surface area contributed by atoms with Crippen molar-refractivity contribution in [2.75, 3.05) is 43.5 Å². The molecule has 0 saturated carbocycles. The molecule has 1 aliphatic rings. The van der Waals surface area contributed by atoms with Gasteiger partial charge in [-0.05, 0) is 43.7 Å². The van der Waals surface area contributed by atoms with Crippen LogP contribution >= 0.6 is 0 Å². The number of carbonyl (C=O) groups excluding carboxylic acids is 1. The Labute approximate surface area is 167 Å². The van der Waals surface area contributed by atoms with E-state index < -0.39 is 0 Å². The summed E-state index contributed by atoms with van der Waals surface area (Å²) in [7, 11) is 0. The van der Waals surface area contributed by atoms with Gasteiger partial charge in [0, 0.05) is 43.1 Å². The van der Waals surface area contributed by atoms with Crippen molar-refractivity contribution in [2.45, 2.75) is 25.9 Å². The van der Waals surface area contributed by atoms with Gasteiger partial charge in [-0.3, -0.25) is 4.90 Å². The Kier molecular flexibility index (Phi) is 7.28. The van der Waals surface area contributed by atoms with Crippen LogP contribution in [0.1, 0.15) is 25.5 Å². The molecule has 2 aromatic rings. The molecule has 1 fully saturated rings. The van der Waals surface area contributed by atoms with Crippen LogP contribution in [0.15, 0.2) is 54.6 Å². The standard InChI is InChI=1S/C22H30N4O2/c1-17(16-23-20-6-4-3-5-7-20)24-22(27)25-21-10-8-19(9-11-21)18(2)26-12-14-28-15-13-26/h3-11,17-18,23H,12-16H2,1-2H3,(H2,24,25,27)/t17-,18+/m0/s1. The van der Waals surface area contributed by atoms with Gasteiger partial charge in [0.15, 0.2) is 0 Å². The lowest BCUT2D eigenvalue weighted by Crippen LogP contribution is -2.40. The van der Waals surface area contributed by atoms with Gasteiger partial charge in [-0.2, -0.15) is 0 Å². The second kappa shape index (κ2) is 10.1. The second-order valence-electron chi connectivity index (χ2n) is 7.19. The Morgan fingerprint density at radius 2 is 1.68 bits per heavy atom. The molecule has 6 heteroatoms. The summed E-state index contributed by atoms with van der Waals surface area (Å²) in [6.45, 7) is 8.35. The fraction of sp³-hybridized carbons (Fsp3) is 0.409. The molecule has 3 N–H and O–H groups in total. The lowest BCUT2D eigenvalue weighted by Gasteiger charge is -2.32. The van der Waals surface area contributed by atoms with Crippen molar-refractivity contribution in [3.05, 3.63) is 60.2 Å². The van der Waals surface area contributed by atoms with E-state index in [1.807, 2.05) is 49.4 Å². The molecule has 6 nitrogen and oxygen atoms in total. The normalized spacial score (nSPS) is 16.8. The Hall–Kier alpha value is -2.57. The predicted octanol–water partition coefficient (Wildman–Crippen LogP) is 3.70. The average molecular weight is 383 g/mol. The Morgan fingerprint density at radius 3 is 2.36 bits per heavy atom. The zero-order chi connectivity index (χ0) is 19.8. The molecule has 28 heavy (non-hydrogen) atoms. The van der Waals surface area contributed by atoms with Crippen molar-refractivity contribution in [1.82, 2.24) is 10.2 Å². The van der Waals surface area contributed by atoms with E-state index in [1.54, 1.807) is 0 Å². The van der Waals surface area contributed by atoms with Crippen molar-refractivity contribution >= 4 is 17.4 Å². The number of para-hydroxylation sites is 1. The summed E-state index contributed by atoms with van der Waals surface area (Å²) in [6, 6.07) is 18.2. The molecule has 2 atom stereocenters. The molecule has 0 aromatic heterocycles. The molecular weight excluding hydrogens is 352 g/mol. The Morgan fingerprint density at radius 1 is 1.00 bits per heavy atom. The highest BCUT2D eigenvalue weighted by Gasteiger charge is 2.18. The van der Waals surface area contributed by atoms with Crippen LogP contribution < -0.4 is 16.0 Å². The topological polar surface area (TPSA) is 65.6 Å². The Bertz CT molecular complexity index is 730. The van der Waals surface area contributed by atoms with Crippen LogP contribution in [0.25, 0.3) is 0 Å². The van der Waals surface area contributed by atoms with Crippen LogP contribution in [0, 0.1) is 0 Å². The first kappa shape index (κ1) is 20.2. The smallest absolute Gasteiger partial charge is 0.319 e. The summed E-state index contributed by atoms with van der Waals surface area (Å²) in [5.41, 5.74) is 3.08. The van der Waals surface area contributed by atoms with Gasteiger partial charge >= 0.3 is 6.03 Å². The van der Waals surface area contributed by atoms with Gasteiger partial charge in [-0.1, -0.05) is 30.3 Å². The summed E-state index contributed by atoms with van der Waals surface area (Å²) in [5, 5.41) is 9.17. The summed E-state index contributed by atoms with van der Waals surface area (Å²) in [4.78, 5) is 14.6. The van der Waals surface area contributed by atoms with Gasteiger partial charge in [-0.15, -0.1) is 0 Å². The number of nitrogens with one attached hydrogen (secondary N) is 3. The number of carbonyl (C=O) groups is 1. The van der Waals surface area contributed by atoms with E-state index in [0.29, 0.717) is 12.6 Å². The van der Waals surface area contributed by atoms with Crippen molar-refractivity contribution in [3.8, 4) is 0 Å². The third-order valence-electron chi connectivity index (χ3n) is 5.01. The van der Waals surface area contributed by atoms with E-state index in [4.69, 9.17) is 4.74 Å². The van der Waals surface area contributed by atoms with Crippen LogP contribution in [0.3, 0.4) is 0 Å². The van der Waals surface area contributed by atoms with Gasteiger partial charge in [0.1, 0.15) is 0 Å². The first-order chi connectivity index (χ1) is 13.6. The minimum atomic E-state index is -0.198. The quantitative estimate of drug-likeness (QED) is 0.683. The predicted molar refractivity (Wildman–Crippen MR) is 114 cm³/mol. The summed E-state index contributed by atoms with van der Waals surface area (Å²) >= 11 is 0. The van der Waals surface area contributed by atoms with Gasteiger partial charge < -0.3 is 20.7 Å². The van der Waals surface area contributed by atoms with Gasteiger partial charge in [0.2, 0.25) is 0 Å². The van der Waals surface area contributed by atoms with E-state index in [0.717, 1.165) is 37.7 Å². The Balaban J connectivity index is 1.44. The molecule has 2 amide bonds. The first-order valence-corrected chi connectivity index (χ1v) is 9.90. The van der Waals surface area contributed by atoms with Gasteiger partial charge in [0.25, 0.3) is 0 Å². The third kappa shape index (κ3) is 5.97. The van der Waals surface area contributed by atoms with Gasteiger partial charge in [-0.25, -0.2) is 4.79 Å². The maximum atomic E-state index is 12.2. The highest BCUT2D eigenvalue weighted by Crippen LogP contribution is 2.22. The lowest BCUT2D eigenvalue weighted by atomic mass is 10.1. The summed E-state index contributed by atoms with van der Waals surface area (Å²) in [6.07, 6.45) is 0. The number of ether oxygens (including phenoxy) is 1. The highest BCUT2D eigenvalue weighted by atomic mass is 16.5. The number of hydrogen-bond donors (Lipinski definition) is 3. The molecule has 3 rings (SSSR count). The first-order valence-electron chi connectivity index (χ1n) is 9.90. The number of anilines is 2. The van der Waals surface area contributed by atoms with Crippen LogP contribution in [0.2, 0.25) is 0 Å². The molecule has 0 bridgehead atoms. The fourth-order valence-corrected chi connectivity index (χ4v) is 3.29. The van der Waals surface area contributed by atoms with E-state index in [2.05, 4.69) is 39.9 Å². The van der Waals surface area contributed by atoms with Crippen LogP contribution in [0.5, 0.6) is 0 Å². The van der Waals surface area contributed by atoms with Gasteiger partial charge in [0.05, 0.1) is 13.2 Å². The maximum Gasteiger partial charge on any atom is 0.319 e. The molecule has 0 radical (unpaired) electrons. The van der Waals surface area contributed by atoms with Crippen LogP contribution in [-0.2, 0) is 4.74 Å². The maximum absolute atomic E-state index is 12.2. The molecule has 1 heterocycles. The van der Waals surface area contributed by atoms with E-state index in [-0.39, 0.29) is 12.1 Å².